The number of anilines is 2. The molecule has 1 heterocycles. The maximum Gasteiger partial charge on any atom is 0.321 e. The van der Waals surface area contributed by atoms with Gasteiger partial charge in [-0.1, -0.05) is 18.2 Å². The van der Waals surface area contributed by atoms with Crippen LogP contribution >= 0.6 is 0 Å². The molecule has 1 fully saturated rings. The molecule has 1 aliphatic heterocycles. The van der Waals surface area contributed by atoms with E-state index in [0.717, 1.165) is 11.4 Å². The first kappa shape index (κ1) is 27.6. The number of rotatable bonds is 10. The molecule has 3 N–H and O–H groups in total. The Bertz CT molecular complexity index is 1240. The third-order valence-corrected chi connectivity index (χ3v) is 6.34. The first-order chi connectivity index (χ1) is 19.0. The highest BCUT2D eigenvalue weighted by Gasteiger charge is 2.25. The summed E-state index contributed by atoms with van der Waals surface area (Å²) in [6.45, 7) is 2.91. The number of nitrogens with zero attached hydrogens (tertiary/aromatic N) is 2. The highest BCUT2D eigenvalue weighted by Crippen LogP contribution is 2.34. The fraction of sp³-hybridized carbons (Fsp3) is 0.310. The maximum absolute atomic E-state index is 12.9. The van der Waals surface area contributed by atoms with Crippen molar-refractivity contribution in [3.63, 3.8) is 0 Å². The Balaban J connectivity index is 1.33. The van der Waals surface area contributed by atoms with Gasteiger partial charge >= 0.3 is 6.03 Å². The topological polar surface area (TPSA) is 108 Å². The lowest BCUT2D eigenvalue weighted by Gasteiger charge is -2.36. The number of urea groups is 1. The maximum atomic E-state index is 12.9. The van der Waals surface area contributed by atoms with Gasteiger partial charge < -0.3 is 39.4 Å². The Morgan fingerprint density at radius 1 is 0.872 bits per heavy atom. The first-order valence-electron chi connectivity index (χ1n) is 12.8. The van der Waals surface area contributed by atoms with E-state index in [1.165, 1.54) is 0 Å². The third-order valence-electron chi connectivity index (χ3n) is 6.34. The van der Waals surface area contributed by atoms with Crippen molar-refractivity contribution < 1.29 is 23.7 Å². The van der Waals surface area contributed by atoms with Crippen molar-refractivity contribution in [2.75, 3.05) is 71.3 Å². The molecule has 0 aromatic heterocycles. The average Bonchev–Trinajstić information content (AvgIpc) is 2.98. The molecule has 0 unspecified atom stereocenters. The van der Waals surface area contributed by atoms with Crippen LogP contribution in [-0.2, 0) is 4.74 Å². The summed E-state index contributed by atoms with van der Waals surface area (Å²) in [6.07, 6.45) is 0. The average molecular weight is 534 g/mol. The lowest BCUT2D eigenvalue weighted by Crippen LogP contribution is -2.51. The zero-order valence-corrected chi connectivity index (χ0v) is 22.5. The van der Waals surface area contributed by atoms with Gasteiger partial charge in [-0.2, -0.15) is 0 Å². The fourth-order valence-electron chi connectivity index (χ4n) is 4.21. The van der Waals surface area contributed by atoms with Crippen molar-refractivity contribution in [3.05, 3.63) is 72.3 Å². The minimum Gasteiger partial charge on any atom is -0.493 e. The summed E-state index contributed by atoms with van der Waals surface area (Å²) in [5, 5.41) is 15.0. The van der Waals surface area contributed by atoms with E-state index in [9.17, 15) is 4.79 Å². The Hall–Kier alpha value is -4.44. The van der Waals surface area contributed by atoms with Crippen molar-refractivity contribution in [2.45, 2.75) is 0 Å². The predicted octanol–water partition coefficient (Wildman–Crippen LogP) is 4.73. The number of hydrogen-bond acceptors (Lipinski definition) is 7. The van der Waals surface area contributed by atoms with Crippen LogP contribution < -0.4 is 24.8 Å². The number of benzene rings is 3. The molecule has 3 aromatic carbocycles. The molecule has 0 atom stereocenters. The molecule has 0 aliphatic carbocycles. The molecule has 0 saturated carbocycles. The molecule has 0 radical (unpaired) electrons. The van der Waals surface area contributed by atoms with Crippen LogP contribution in [0, 0.1) is 5.41 Å². The van der Waals surface area contributed by atoms with Crippen LogP contribution in [0.4, 0.5) is 16.2 Å². The molecule has 1 saturated heterocycles. The van der Waals surface area contributed by atoms with Crippen molar-refractivity contribution in [1.82, 2.24) is 9.80 Å². The second-order valence-corrected chi connectivity index (χ2v) is 8.83. The Labute approximate surface area is 228 Å². The quantitative estimate of drug-likeness (QED) is 0.196. The number of ether oxygens (including phenoxy) is 4. The van der Waals surface area contributed by atoms with Crippen molar-refractivity contribution >= 4 is 23.2 Å². The normalized spacial score (nSPS) is 13.0. The number of methoxy groups -OCH3 is 2. The van der Waals surface area contributed by atoms with Crippen molar-refractivity contribution in [1.29, 1.82) is 5.41 Å². The van der Waals surface area contributed by atoms with E-state index in [2.05, 4.69) is 10.6 Å². The number of piperazine rings is 1. The second-order valence-electron chi connectivity index (χ2n) is 8.83. The predicted molar refractivity (Wildman–Crippen MR) is 152 cm³/mol. The molecule has 10 heteroatoms. The Morgan fingerprint density at radius 2 is 1.54 bits per heavy atom. The van der Waals surface area contributed by atoms with Crippen LogP contribution in [0.2, 0.25) is 0 Å². The van der Waals surface area contributed by atoms with Gasteiger partial charge in [0.15, 0.2) is 11.5 Å². The third kappa shape index (κ3) is 7.11. The van der Waals surface area contributed by atoms with Gasteiger partial charge in [0, 0.05) is 63.3 Å². The standard InChI is InChI=1S/C29H35N5O5/c1-31-25-20-27(38-18-17-36-2)26(37-3)19-24(25)28(30)33-13-15-34(16-14-33)29(35)32-21-9-11-23(12-10-21)39-22-7-5-4-6-8-22/h4-12,19-20,30-31H,13-18H2,1-3H3,(H,32,35). The minimum absolute atomic E-state index is 0.173. The summed E-state index contributed by atoms with van der Waals surface area (Å²) in [5.74, 6) is 2.93. The van der Waals surface area contributed by atoms with Gasteiger partial charge in [-0.25, -0.2) is 4.79 Å². The molecule has 0 bridgehead atoms. The number of hydrogen-bond donors (Lipinski definition) is 3. The van der Waals surface area contributed by atoms with Gasteiger partial charge in [0.2, 0.25) is 0 Å². The van der Waals surface area contributed by atoms with Gasteiger partial charge in [0.05, 0.1) is 13.7 Å². The van der Waals surface area contributed by atoms with Crippen LogP contribution in [0.15, 0.2) is 66.7 Å². The second kappa shape index (κ2) is 13.4. The highest BCUT2D eigenvalue weighted by atomic mass is 16.5. The minimum atomic E-state index is -0.173. The summed E-state index contributed by atoms with van der Waals surface area (Å²) in [5.41, 5.74) is 2.14. The molecule has 39 heavy (non-hydrogen) atoms. The van der Waals surface area contributed by atoms with Gasteiger partial charge in [-0.3, -0.25) is 5.41 Å². The molecule has 0 spiro atoms. The van der Waals surface area contributed by atoms with Crippen LogP contribution in [0.5, 0.6) is 23.0 Å². The zero-order valence-electron chi connectivity index (χ0n) is 22.5. The Morgan fingerprint density at radius 3 is 2.18 bits per heavy atom. The number of amidine groups is 1. The highest BCUT2D eigenvalue weighted by molar-refractivity contribution is 6.02. The van der Waals surface area contributed by atoms with Crippen molar-refractivity contribution in [2.24, 2.45) is 0 Å². The lowest BCUT2D eigenvalue weighted by atomic mass is 10.1. The Kier molecular flexibility index (Phi) is 9.47. The van der Waals surface area contributed by atoms with E-state index in [1.807, 2.05) is 65.6 Å². The van der Waals surface area contributed by atoms with E-state index >= 15 is 0 Å². The van der Waals surface area contributed by atoms with Gasteiger partial charge in [-0.05, 0) is 42.5 Å². The number of para-hydroxylation sites is 1. The molecular formula is C29H35N5O5. The molecule has 2 amide bonds. The van der Waals surface area contributed by atoms with Gasteiger partial charge in [-0.15, -0.1) is 0 Å². The monoisotopic (exact) mass is 533 g/mol. The number of amides is 2. The molecule has 206 valence electrons. The largest absolute Gasteiger partial charge is 0.493 e. The number of carbonyl (C=O) groups is 1. The summed E-state index contributed by atoms with van der Waals surface area (Å²) < 4.78 is 22.2. The van der Waals surface area contributed by atoms with Crippen molar-refractivity contribution in [3.8, 4) is 23.0 Å². The van der Waals surface area contributed by atoms with E-state index in [4.69, 9.17) is 24.4 Å². The van der Waals surface area contributed by atoms with Crippen LogP contribution in [0.25, 0.3) is 0 Å². The molecular weight excluding hydrogens is 498 g/mol. The molecule has 4 rings (SSSR count). The number of carbonyl (C=O) groups excluding carboxylic acids is 1. The molecule has 10 nitrogen and oxygen atoms in total. The number of nitrogens with one attached hydrogen (secondary N) is 3. The first-order valence-corrected chi connectivity index (χ1v) is 12.8. The smallest absolute Gasteiger partial charge is 0.321 e. The summed E-state index contributed by atoms with van der Waals surface area (Å²) in [7, 11) is 5.00. The summed E-state index contributed by atoms with van der Waals surface area (Å²) >= 11 is 0. The summed E-state index contributed by atoms with van der Waals surface area (Å²) in [4.78, 5) is 16.6. The van der Waals surface area contributed by atoms with Gasteiger partial charge in [0.1, 0.15) is 23.9 Å². The summed E-state index contributed by atoms with van der Waals surface area (Å²) in [6, 6.07) is 20.3. The van der Waals surface area contributed by atoms with Gasteiger partial charge in [0.25, 0.3) is 0 Å². The fourth-order valence-corrected chi connectivity index (χ4v) is 4.21. The van der Waals surface area contributed by atoms with Crippen LogP contribution in [-0.4, -0.2) is 82.3 Å². The van der Waals surface area contributed by atoms with E-state index in [-0.39, 0.29) is 6.03 Å². The van der Waals surface area contributed by atoms with Crippen LogP contribution in [0.3, 0.4) is 0 Å². The molecule has 1 aliphatic rings. The van der Waals surface area contributed by atoms with Crippen LogP contribution in [0.1, 0.15) is 5.56 Å². The molecule has 3 aromatic rings. The van der Waals surface area contributed by atoms with E-state index in [0.29, 0.717) is 73.7 Å². The zero-order chi connectivity index (χ0) is 27.6. The lowest BCUT2D eigenvalue weighted by molar-refractivity contribution is 0.144. The SMILES string of the molecule is CNc1cc(OCCOC)c(OC)cc1C(=N)N1CCN(C(=O)Nc2ccc(Oc3ccccc3)cc2)CC1. The van der Waals surface area contributed by atoms with E-state index < -0.39 is 0 Å². The van der Waals surface area contributed by atoms with E-state index in [1.54, 1.807) is 32.2 Å².